The number of pyridine rings is 1. The summed E-state index contributed by atoms with van der Waals surface area (Å²) in [7, 11) is -3.09. The average molecular weight is 796 g/mol. The van der Waals surface area contributed by atoms with Crippen molar-refractivity contribution >= 4 is 44.6 Å². The van der Waals surface area contributed by atoms with Crippen LogP contribution in [-0.2, 0) is 29.1 Å². The van der Waals surface area contributed by atoms with E-state index in [0.717, 1.165) is 31.1 Å². The molecule has 0 radical (unpaired) electrons. The number of hydrogen-bond acceptors (Lipinski definition) is 10. The van der Waals surface area contributed by atoms with Crippen LogP contribution in [0, 0.1) is 29.6 Å². The van der Waals surface area contributed by atoms with Crippen LogP contribution in [0.4, 0.5) is 9.18 Å². The lowest BCUT2D eigenvalue weighted by molar-refractivity contribution is -0.142. The van der Waals surface area contributed by atoms with E-state index in [0.29, 0.717) is 35.8 Å². The number of carbonyl (C=O) groups is 4. The molecule has 56 heavy (non-hydrogen) atoms. The summed E-state index contributed by atoms with van der Waals surface area (Å²) in [6.07, 6.45) is 8.03. The molecular weight excluding hydrogens is 746 g/mol. The summed E-state index contributed by atoms with van der Waals surface area (Å²) in [6, 6.07) is 5.01. The Balaban J connectivity index is 1.10. The normalized spacial score (nSPS) is 35.4. The summed E-state index contributed by atoms with van der Waals surface area (Å²) in [5.74, 6) is -0.903. The molecule has 3 N–H and O–H groups in total. The number of benzene rings is 1. The van der Waals surface area contributed by atoms with Gasteiger partial charge in [0.2, 0.25) is 22.7 Å². The zero-order chi connectivity index (χ0) is 39.6. The van der Waals surface area contributed by atoms with Crippen molar-refractivity contribution in [1.29, 1.82) is 0 Å². The van der Waals surface area contributed by atoms with E-state index in [1.165, 1.54) is 4.90 Å². The molecule has 302 valence electrons. The van der Waals surface area contributed by atoms with Crippen molar-refractivity contribution < 1.29 is 46.2 Å². The van der Waals surface area contributed by atoms with Gasteiger partial charge in [-0.15, -0.1) is 0 Å². The van der Waals surface area contributed by atoms with Gasteiger partial charge in [0, 0.05) is 36.8 Å². The van der Waals surface area contributed by atoms with Crippen LogP contribution in [0.15, 0.2) is 42.6 Å². The number of carbonyl (C=O) groups excluding carboxylic acids is 4. The van der Waals surface area contributed by atoms with Gasteiger partial charge in [-0.25, -0.2) is 27.3 Å². The van der Waals surface area contributed by atoms with Gasteiger partial charge in [-0.1, -0.05) is 26.0 Å². The lowest BCUT2D eigenvalue weighted by Crippen LogP contribution is -2.59. The molecule has 1 aromatic heterocycles. The third-order valence-corrected chi connectivity index (χ3v) is 14.6. The molecule has 6 aliphatic rings. The molecule has 0 bridgehead atoms. The van der Waals surface area contributed by atoms with E-state index in [1.807, 2.05) is 35.9 Å². The third-order valence-electron chi connectivity index (χ3n) is 12.7. The van der Waals surface area contributed by atoms with Crippen molar-refractivity contribution in [1.82, 2.24) is 25.2 Å². The van der Waals surface area contributed by atoms with Crippen molar-refractivity contribution in [3.63, 3.8) is 0 Å². The number of methoxy groups -OCH3 is 1. The zero-order valence-corrected chi connectivity index (χ0v) is 32.7. The fourth-order valence-electron chi connectivity index (χ4n) is 9.06. The first-order valence-electron chi connectivity index (χ1n) is 19.8. The molecule has 1 aromatic carbocycles. The Hall–Kier alpha value is -4.47. The van der Waals surface area contributed by atoms with Crippen molar-refractivity contribution in [2.24, 2.45) is 29.6 Å². The molecular formula is C40H50FN5O9S. The topological polar surface area (TPSA) is 182 Å². The van der Waals surface area contributed by atoms with E-state index in [2.05, 4.69) is 22.5 Å². The summed E-state index contributed by atoms with van der Waals surface area (Å²) < 4.78 is 60.0. The monoisotopic (exact) mass is 795 g/mol. The van der Waals surface area contributed by atoms with Gasteiger partial charge >= 0.3 is 6.09 Å². The second-order valence-corrected chi connectivity index (χ2v) is 18.9. The highest BCUT2D eigenvalue weighted by atomic mass is 32.2. The molecule has 1 saturated heterocycles. The van der Waals surface area contributed by atoms with Crippen LogP contribution in [-0.4, -0.2) is 90.6 Å². The molecule has 4 aliphatic carbocycles. The van der Waals surface area contributed by atoms with Crippen molar-refractivity contribution in [2.75, 3.05) is 13.7 Å². The van der Waals surface area contributed by atoms with Crippen molar-refractivity contribution in [3.05, 3.63) is 42.6 Å². The SMILES string of the molecule is COc1ccc2c(O[C@@H]3C[C@H]4C(=O)N[C@]5(C(=O)NS(=O)(=O)C6(F)CC6)C[C@H]5/C=C\CC[C@@H](C)C[C@@H](C)[C@H](NC(=O)OC5C[C@@H]6C[C@@H]6C5)C(=O)N4C3)nccc2c1. The number of sulfonamides is 1. The van der Waals surface area contributed by atoms with Gasteiger partial charge in [-0.2, -0.15) is 0 Å². The van der Waals surface area contributed by atoms with E-state index >= 15 is 0 Å². The fraction of sp³-hybridized carbons (Fsp3) is 0.625. The smallest absolute Gasteiger partial charge is 0.408 e. The predicted molar refractivity (Wildman–Crippen MR) is 201 cm³/mol. The third kappa shape index (κ3) is 7.52. The Kier molecular flexibility index (Phi) is 9.93. The molecule has 4 amide bonds. The maximum absolute atomic E-state index is 14.8. The molecule has 8 rings (SSSR count). The largest absolute Gasteiger partial charge is 0.497 e. The first-order chi connectivity index (χ1) is 26.7. The van der Waals surface area contributed by atoms with Crippen LogP contribution in [0.1, 0.15) is 78.1 Å². The Bertz CT molecular complexity index is 2050. The van der Waals surface area contributed by atoms with Gasteiger partial charge in [0.25, 0.3) is 15.9 Å². The lowest BCUT2D eigenvalue weighted by Gasteiger charge is -2.33. The van der Waals surface area contributed by atoms with Crippen LogP contribution in [0.5, 0.6) is 11.6 Å². The Morgan fingerprint density at radius 2 is 1.80 bits per heavy atom. The number of nitrogens with zero attached hydrogens (tertiary/aromatic N) is 2. The zero-order valence-electron chi connectivity index (χ0n) is 31.9. The second-order valence-electron chi connectivity index (χ2n) is 17.0. The fourth-order valence-corrected chi connectivity index (χ4v) is 10.3. The summed E-state index contributed by atoms with van der Waals surface area (Å²) in [4.78, 5) is 62.3. The van der Waals surface area contributed by atoms with Crippen LogP contribution in [0.3, 0.4) is 0 Å². The number of allylic oxidation sites excluding steroid dienone is 1. The predicted octanol–water partition coefficient (Wildman–Crippen LogP) is 4.28. The van der Waals surface area contributed by atoms with Gasteiger partial charge in [0.05, 0.1) is 13.7 Å². The quantitative estimate of drug-likeness (QED) is 0.327. The van der Waals surface area contributed by atoms with Crippen molar-refractivity contribution in [2.45, 2.75) is 113 Å². The number of nitrogens with one attached hydrogen (secondary N) is 3. The Morgan fingerprint density at radius 3 is 2.54 bits per heavy atom. The molecule has 4 saturated carbocycles. The number of ether oxygens (including phenoxy) is 3. The number of aromatic nitrogens is 1. The number of halogens is 1. The molecule has 16 heteroatoms. The van der Waals surface area contributed by atoms with E-state index in [9.17, 15) is 32.0 Å². The molecule has 2 aromatic rings. The maximum atomic E-state index is 14.8. The number of rotatable bonds is 8. The number of amides is 4. The highest BCUT2D eigenvalue weighted by molar-refractivity contribution is 7.91. The van der Waals surface area contributed by atoms with Gasteiger partial charge in [0.15, 0.2) is 0 Å². The summed E-state index contributed by atoms with van der Waals surface area (Å²) >= 11 is 0. The number of hydrogen-bond donors (Lipinski definition) is 3. The highest BCUT2D eigenvalue weighted by Crippen LogP contribution is 2.52. The van der Waals surface area contributed by atoms with E-state index < -0.39 is 68.5 Å². The van der Waals surface area contributed by atoms with E-state index in [4.69, 9.17) is 14.2 Å². The lowest BCUT2D eigenvalue weighted by atomic mass is 9.88. The average Bonchev–Trinajstić information content (AvgIpc) is 4.12. The Morgan fingerprint density at radius 1 is 1.04 bits per heavy atom. The first kappa shape index (κ1) is 38.4. The van der Waals surface area contributed by atoms with Gasteiger partial charge in [-0.05, 0) is 98.3 Å². The van der Waals surface area contributed by atoms with Crippen LogP contribution in [0.25, 0.3) is 10.8 Å². The molecule has 2 aliphatic heterocycles. The van der Waals surface area contributed by atoms with Crippen LogP contribution < -0.4 is 24.8 Å². The van der Waals surface area contributed by atoms with E-state index in [-0.39, 0.29) is 56.0 Å². The standard InChI is InChI=1S/C40H50FN5O9S/c1-22-6-4-5-7-27-20-40(27,37(49)45-56(51,52)39(41)11-12-39)44-34(47)32-19-30(54-35-31-9-8-28(53-3)16-24(31)10-13-42-35)21-46(32)36(48)33(23(2)14-22)43-38(50)55-29-17-25-15-26(25)18-29/h5,7-10,13,16,22-23,25-27,29-30,32-33H,4,6,11-12,14-15,17-21H2,1-3H3,(H,43,50)(H,44,47)(H,45,49)/b7-5-/t22-,23-,25-,26+,27-,29?,30-,32+,33+,40-/m1/s1. The number of alkyl halides is 1. The molecule has 3 heterocycles. The van der Waals surface area contributed by atoms with Crippen molar-refractivity contribution in [3.8, 4) is 11.6 Å². The Labute approximate surface area is 325 Å². The summed E-state index contributed by atoms with van der Waals surface area (Å²) in [5.41, 5.74) is -1.68. The molecule has 1 unspecified atom stereocenters. The molecule has 14 nitrogen and oxygen atoms in total. The first-order valence-corrected chi connectivity index (χ1v) is 21.3. The van der Waals surface area contributed by atoms with Gasteiger partial charge in [0.1, 0.15) is 35.6 Å². The van der Waals surface area contributed by atoms with Gasteiger partial charge < -0.3 is 29.7 Å². The second kappa shape index (κ2) is 14.5. The van der Waals surface area contributed by atoms with Crippen LogP contribution in [0.2, 0.25) is 0 Å². The number of alkyl carbamates (subject to hydrolysis) is 1. The summed E-state index contributed by atoms with van der Waals surface area (Å²) in [5, 5.41) is 4.64. The minimum absolute atomic E-state index is 0.00267. The minimum Gasteiger partial charge on any atom is -0.497 e. The summed E-state index contributed by atoms with van der Waals surface area (Å²) in [6.45, 7) is 3.92. The minimum atomic E-state index is -4.66. The van der Waals surface area contributed by atoms with E-state index in [1.54, 1.807) is 25.4 Å². The molecule has 0 spiro atoms. The molecule has 10 atom stereocenters. The van der Waals surface area contributed by atoms with Crippen LogP contribution >= 0.6 is 0 Å². The van der Waals surface area contributed by atoms with Gasteiger partial charge in [-0.3, -0.25) is 14.4 Å². The number of fused-ring (bicyclic) bond motifs is 4. The molecule has 5 fully saturated rings. The highest BCUT2D eigenvalue weighted by Gasteiger charge is 2.64. The maximum Gasteiger partial charge on any atom is 0.408 e.